The molecule has 1 aliphatic heterocycles. The maximum atomic E-state index is 12.2. The Labute approximate surface area is 125 Å². The smallest absolute Gasteiger partial charge is 0.228 e. The molecule has 0 spiro atoms. The van der Waals surface area contributed by atoms with E-state index in [4.69, 9.17) is 5.73 Å². The number of carbonyl (C=O) groups is 1. The molecule has 1 aromatic heterocycles. The minimum absolute atomic E-state index is 0.0281. The zero-order chi connectivity index (χ0) is 14.7. The Hall–Kier alpha value is -0.940. The summed E-state index contributed by atoms with van der Waals surface area (Å²) < 4.78 is 0. The second-order valence-corrected chi connectivity index (χ2v) is 7.08. The Morgan fingerprint density at radius 1 is 1.50 bits per heavy atom. The van der Waals surface area contributed by atoms with Crippen molar-refractivity contribution in [3.63, 3.8) is 0 Å². The number of rotatable bonds is 4. The first-order chi connectivity index (χ1) is 9.47. The van der Waals surface area contributed by atoms with Crippen molar-refractivity contribution in [1.82, 2.24) is 9.88 Å². The molecule has 112 valence electrons. The Morgan fingerprint density at radius 2 is 2.15 bits per heavy atom. The zero-order valence-electron chi connectivity index (χ0n) is 12.6. The number of piperidine rings is 1. The summed E-state index contributed by atoms with van der Waals surface area (Å²) >= 11 is 1.57. The summed E-state index contributed by atoms with van der Waals surface area (Å²) in [4.78, 5) is 18.7. The summed E-state index contributed by atoms with van der Waals surface area (Å²) in [5, 5.41) is 2.91. The molecule has 20 heavy (non-hydrogen) atoms. The van der Waals surface area contributed by atoms with Crippen LogP contribution in [0.4, 0.5) is 0 Å². The van der Waals surface area contributed by atoms with Crippen LogP contribution in [0.1, 0.15) is 50.4 Å². The molecular weight excluding hydrogens is 270 g/mol. The number of thiazole rings is 1. The summed E-state index contributed by atoms with van der Waals surface area (Å²) in [6.45, 7) is 8.21. The lowest BCUT2D eigenvalue weighted by atomic mass is 9.99. The van der Waals surface area contributed by atoms with Gasteiger partial charge in [0.2, 0.25) is 5.91 Å². The van der Waals surface area contributed by atoms with Crippen LogP contribution in [0.3, 0.4) is 0 Å². The molecule has 4 nitrogen and oxygen atoms in total. The maximum absolute atomic E-state index is 12.2. The third kappa shape index (κ3) is 3.79. The first kappa shape index (κ1) is 15.4. The van der Waals surface area contributed by atoms with E-state index in [0.717, 1.165) is 42.6 Å². The summed E-state index contributed by atoms with van der Waals surface area (Å²) in [6, 6.07) is -0.0281. The molecule has 1 atom stereocenters. The Balaban J connectivity index is 1.91. The Kier molecular flexibility index (Phi) is 5.16. The predicted molar refractivity (Wildman–Crippen MR) is 82.6 cm³/mol. The molecule has 1 aromatic rings. The summed E-state index contributed by atoms with van der Waals surface area (Å²) in [5.74, 6) is 1.31. The van der Waals surface area contributed by atoms with E-state index < -0.39 is 0 Å². The van der Waals surface area contributed by atoms with Gasteiger partial charge in [0, 0.05) is 18.5 Å². The highest BCUT2D eigenvalue weighted by atomic mass is 32.1. The standard InChI is InChI=1S/C15H25N3OS/c1-10(2)14(16)15-17-12(9-20-15)8-13(19)18-6-4-11(3)5-7-18/h9-11,14H,4-8,16H2,1-3H3. The minimum Gasteiger partial charge on any atom is -0.342 e. The number of aromatic nitrogens is 1. The molecular formula is C15H25N3OS. The van der Waals surface area contributed by atoms with Crippen LogP contribution in [0.2, 0.25) is 0 Å². The van der Waals surface area contributed by atoms with E-state index in [-0.39, 0.29) is 11.9 Å². The average molecular weight is 295 g/mol. The lowest BCUT2D eigenvalue weighted by Crippen LogP contribution is -2.38. The van der Waals surface area contributed by atoms with Gasteiger partial charge < -0.3 is 10.6 Å². The van der Waals surface area contributed by atoms with E-state index in [2.05, 4.69) is 25.8 Å². The van der Waals surface area contributed by atoms with Crippen LogP contribution in [0.15, 0.2) is 5.38 Å². The van der Waals surface area contributed by atoms with Crippen LogP contribution in [-0.4, -0.2) is 28.9 Å². The van der Waals surface area contributed by atoms with Crippen molar-refractivity contribution in [3.05, 3.63) is 16.1 Å². The molecule has 0 radical (unpaired) electrons. The fourth-order valence-corrected chi connectivity index (χ4v) is 3.36. The number of hydrogen-bond donors (Lipinski definition) is 1. The number of carbonyl (C=O) groups excluding carboxylic acids is 1. The number of hydrogen-bond acceptors (Lipinski definition) is 4. The number of likely N-dealkylation sites (tertiary alicyclic amines) is 1. The summed E-state index contributed by atoms with van der Waals surface area (Å²) in [6.07, 6.45) is 2.65. The van der Waals surface area contributed by atoms with Crippen molar-refractivity contribution in [2.24, 2.45) is 17.6 Å². The van der Waals surface area contributed by atoms with Gasteiger partial charge in [0.25, 0.3) is 0 Å². The van der Waals surface area contributed by atoms with Crippen LogP contribution in [0, 0.1) is 11.8 Å². The average Bonchev–Trinajstić information content (AvgIpc) is 2.86. The van der Waals surface area contributed by atoms with Crippen LogP contribution in [0.25, 0.3) is 0 Å². The molecule has 1 fully saturated rings. The molecule has 1 amide bonds. The minimum atomic E-state index is -0.0281. The second kappa shape index (κ2) is 6.68. The van der Waals surface area contributed by atoms with Gasteiger partial charge in [-0.15, -0.1) is 11.3 Å². The van der Waals surface area contributed by atoms with Crippen LogP contribution < -0.4 is 5.73 Å². The van der Waals surface area contributed by atoms with E-state index >= 15 is 0 Å². The summed E-state index contributed by atoms with van der Waals surface area (Å²) in [5.41, 5.74) is 6.96. The van der Waals surface area contributed by atoms with E-state index in [1.54, 1.807) is 11.3 Å². The van der Waals surface area contributed by atoms with Gasteiger partial charge in [-0.3, -0.25) is 4.79 Å². The Bertz CT molecular complexity index is 450. The highest BCUT2D eigenvalue weighted by molar-refractivity contribution is 7.09. The van der Waals surface area contributed by atoms with Crippen molar-refractivity contribution < 1.29 is 4.79 Å². The Morgan fingerprint density at radius 3 is 2.75 bits per heavy atom. The van der Waals surface area contributed by atoms with Crippen molar-refractivity contribution in [2.45, 2.75) is 46.1 Å². The molecule has 5 heteroatoms. The predicted octanol–water partition coefficient (Wildman–Crippen LogP) is 2.60. The SMILES string of the molecule is CC1CCN(C(=O)Cc2csc(C(N)C(C)C)n2)CC1. The number of amides is 1. The molecule has 0 aliphatic carbocycles. The normalized spacial score (nSPS) is 18.6. The topological polar surface area (TPSA) is 59.2 Å². The van der Waals surface area contributed by atoms with Gasteiger partial charge in [-0.1, -0.05) is 20.8 Å². The van der Waals surface area contributed by atoms with Gasteiger partial charge >= 0.3 is 0 Å². The van der Waals surface area contributed by atoms with Crippen molar-refractivity contribution >= 4 is 17.2 Å². The van der Waals surface area contributed by atoms with Gasteiger partial charge in [0.05, 0.1) is 18.2 Å². The number of nitrogens with two attached hydrogens (primary N) is 1. The third-order valence-electron chi connectivity index (χ3n) is 4.04. The molecule has 0 bridgehead atoms. The maximum Gasteiger partial charge on any atom is 0.228 e. The zero-order valence-corrected chi connectivity index (χ0v) is 13.4. The van der Waals surface area contributed by atoms with E-state index in [1.165, 1.54) is 0 Å². The fourth-order valence-electron chi connectivity index (χ4n) is 2.37. The van der Waals surface area contributed by atoms with Crippen molar-refractivity contribution in [1.29, 1.82) is 0 Å². The highest BCUT2D eigenvalue weighted by Crippen LogP contribution is 2.23. The van der Waals surface area contributed by atoms with Gasteiger partial charge in [-0.2, -0.15) is 0 Å². The third-order valence-corrected chi connectivity index (χ3v) is 5.04. The van der Waals surface area contributed by atoms with E-state index in [1.807, 2.05) is 10.3 Å². The van der Waals surface area contributed by atoms with E-state index in [9.17, 15) is 4.79 Å². The largest absolute Gasteiger partial charge is 0.342 e. The highest BCUT2D eigenvalue weighted by Gasteiger charge is 2.22. The molecule has 2 heterocycles. The second-order valence-electron chi connectivity index (χ2n) is 6.19. The molecule has 1 unspecified atom stereocenters. The van der Waals surface area contributed by atoms with E-state index in [0.29, 0.717) is 12.3 Å². The van der Waals surface area contributed by atoms with Crippen molar-refractivity contribution in [3.8, 4) is 0 Å². The fraction of sp³-hybridized carbons (Fsp3) is 0.733. The summed E-state index contributed by atoms with van der Waals surface area (Å²) in [7, 11) is 0. The van der Waals surface area contributed by atoms with Gasteiger partial charge in [-0.25, -0.2) is 4.98 Å². The van der Waals surface area contributed by atoms with Gasteiger partial charge in [-0.05, 0) is 24.7 Å². The van der Waals surface area contributed by atoms with Gasteiger partial charge in [0.1, 0.15) is 5.01 Å². The lowest BCUT2D eigenvalue weighted by Gasteiger charge is -2.30. The number of nitrogens with zero attached hydrogens (tertiary/aromatic N) is 2. The molecule has 1 saturated heterocycles. The molecule has 0 saturated carbocycles. The first-order valence-corrected chi connectivity index (χ1v) is 8.33. The quantitative estimate of drug-likeness (QED) is 0.929. The molecule has 1 aliphatic rings. The first-order valence-electron chi connectivity index (χ1n) is 7.45. The molecule has 2 N–H and O–H groups in total. The van der Waals surface area contributed by atoms with Crippen LogP contribution in [-0.2, 0) is 11.2 Å². The monoisotopic (exact) mass is 295 g/mol. The van der Waals surface area contributed by atoms with Gasteiger partial charge in [0.15, 0.2) is 0 Å². The van der Waals surface area contributed by atoms with Crippen LogP contribution >= 0.6 is 11.3 Å². The molecule has 2 rings (SSSR count). The molecule has 0 aromatic carbocycles. The van der Waals surface area contributed by atoms with Crippen molar-refractivity contribution in [2.75, 3.05) is 13.1 Å². The lowest BCUT2D eigenvalue weighted by molar-refractivity contribution is -0.131. The van der Waals surface area contributed by atoms with Crippen LogP contribution in [0.5, 0.6) is 0 Å².